The van der Waals surface area contributed by atoms with Gasteiger partial charge in [0.05, 0.1) is 6.42 Å². The average molecular weight is 218 g/mol. The molecule has 0 fully saturated rings. The second kappa shape index (κ2) is 6.05. The lowest BCUT2D eigenvalue weighted by atomic mass is 10.0. The lowest BCUT2D eigenvalue weighted by Gasteiger charge is -2.08. The van der Waals surface area contributed by atoms with Gasteiger partial charge >= 0.3 is 0 Å². The Morgan fingerprint density at radius 3 is 2.38 bits per heavy atom. The fraction of sp³-hybridized carbons (Fsp3) is 0.385. The first-order valence-electron chi connectivity index (χ1n) is 5.45. The highest BCUT2D eigenvalue weighted by molar-refractivity contribution is 6.09. The van der Waals surface area contributed by atoms with E-state index >= 15 is 0 Å². The standard InChI is InChI=1S/C13H18N2O/c1-4-12(14-15(2)3)10-13(16)11-8-6-5-7-9-11/h5-9H,4,10H2,1-3H3/b14-12+. The van der Waals surface area contributed by atoms with Gasteiger partial charge in [0.25, 0.3) is 0 Å². The van der Waals surface area contributed by atoms with Crippen LogP contribution >= 0.6 is 0 Å². The highest BCUT2D eigenvalue weighted by Crippen LogP contribution is 2.05. The van der Waals surface area contributed by atoms with Crippen LogP contribution in [-0.4, -0.2) is 30.6 Å². The van der Waals surface area contributed by atoms with Crippen molar-refractivity contribution >= 4 is 11.5 Å². The Labute approximate surface area is 96.8 Å². The van der Waals surface area contributed by atoms with Gasteiger partial charge in [0.1, 0.15) is 0 Å². The lowest BCUT2D eigenvalue weighted by Crippen LogP contribution is -2.12. The predicted molar refractivity (Wildman–Crippen MR) is 66.8 cm³/mol. The summed E-state index contributed by atoms with van der Waals surface area (Å²) >= 11 is 0. The quantitative estimate of drug-likeness (QED) is 0.432. The van der Waals surface area contributed by atoms with Crippen molar-refractivity contribution in [3.63, 3.8) is 0 Å². The largest absolute Gasteiger partial charge is 0.303 e. The molecule has 0 amide bonds. The van der Waals surface area contributed by atoms with Crippen molar-refractivity contribution in [2.45, 2.75) is 19.8 Å². The molecule has 1 aromatic carbocycles. The minimum Gasteiger partial charge on any atom is -0.303 e. The maximum absolute atomic E-state index is 11.9. The van der Waals surface area contributed by atoms with E-state index in [1.165, 1.54) is 0 Å². The van der Waals surface area contributed by atoms with Gasteiger partial charge in [-0.15, -0.1) is 0 Å². The van der Waals surface area contributed by atoms with Crippen molar-refractivity contribution in [2.75, 3.05) is 14.1 Å². The third-order valence-corrected chi connectivity index (χ3v) is 2.21. The van der Waals surface area contributed by atoms with Crippen LogP contribution in [0.1, 0.15) is 30.1 Å². The van der Waals surface area contributed by atoms with Gasteiger partial charge in [-0.2, -0.15) is 5.10 Å². The summed E-state index contributed by atoms with van der Waals surface area (Å²) in [6.45, 7) is 2.01. The Kier molecular flexibility index (Phi) is 4.70. The van der Waals surface area contributed by atoms with E-state index in [0.29, 0.717) is 6.42 Å². The minimum atomic E-state index is 0.128. The van der Waals surface area contributed by atoms with E-state index < -0.39 is 0 Å². The molecule has 0 saturated carbocycles. The van der Waals surface area contributed by atoms with Crippen molar-refractivity contribution < 1.29 is 4.79 Å². The number of hydrazone groups is 1. The summed E-state index contributed by atoms with van der Waals surface area (Å²) < 4.78 is 0. The fourth-order valence-corrected chi connectivity index (χ4v) is 1.43. The van der Waals surface area contributed by atoms with E-state index in [9.17, 15) is 4.79 Å². The zero-order valence-electron chi connectivity index (χ0n) is 10.1. The van der Waals surface area contributed by atoms with Crippen molar-refractivity contribution in [1.29, 1.82) is 0 Å². The molecule has 0 aliphatic carbocycles. The molecule has 0 saturated heterocycles. The molecule has 0 atom stereocenters. The van der Waals surface area contributed by atoms with Crippen LogP contribution in [0.25, 0.3) is 0 Å². The molecule has 0 aliphatic heterocycles. The first kappa shape index (κ1) is 12.4. The summed E-state index contributed by atoms with van der Waals surface area (Å²) in [4.78, 5) is 11.9. The summed E-state index contributed by atoms with van der Waals surface area (Å²) in [7, 11) is 3.73. The summed E-state index contributed by atoms with van der Waals surface area (Å²) in [6.07, 6.45) is 1.20. The molecule has 3 nitrogen and oxygen atoms in total. The van der Waals surface area contributed by atoms with Gasteiger partial charge in [0.2, 0.25) is 0 Å². The van der Waals surface area contributed by atoms with E-state index in [-0.39, 0.29) is 5.78 Å². The highest BCUT2D eigenvalue weighted by Gasteiger charge is 2.08. The molecule has 3 heteroatoms. The van der Waals surface area contributed by atoms with E-state index in [1.807, 2.05) is 51.4 Å². The van der Waals surface area contributed by atoms with Gasteiger partial charge in [-0.25, -0.2) is 0 Å². The van der Waals surface area contributed by atoms with Gasteiger partial charge in [0, 0.05) is 25.4 Å². The second-order valence-corrected chi connectivity index (χ2v) is 3.83. The molecule has 0 heterocycles. The van der Waals surface area contributed by atoms with Crippen LogP contribution in [-0.2, 0) is 0 Å². The van der Waals surface area contributed by atoms with E-state index in [2.05, 4.69) is 5.10 Å². The summed E-state index contributed by atoms with van der Waals surface area (Å²) in [5, 5.41) is 6.02. The zero-order chi connectivity index (χ0) is 12.0. The Hall–Kier alpha value is -1.64. The molecule has 0 N–H and O–H groups in total. The maximum Gasteiger partial charge on any atom is 0.168 e. The predicted octanol–water partition coefficient (Wildman–Crippen LogP) is 2.59. The van der Waals surface area contributed by atoms with Crippen LogP contribution in [0.3, 0.4) is 0 Å². The molecule has 86 valence electrons. The highest BCUT2D eigenvalue weighted by atomic mass is 16.1. The number of carbonyl (C=O) groups is 1. The van der Waals surface area contributed by atoms with Crippen molar-refractivity contribution in [3.8, 4) is 0 Å². The molecule has 0 radical (unpaired) electrons. The molecule has 0 aliphatic rings. The summed E-state index contributed by atoms with van der Waals surface area (Å²) in [5.41, 5.74) is 1.67. The second-order valence-electron chi connectivity index (χ2n) is 3.83. The molecular weight excluding hydrogens is 200 g/mol. The van der Waals surface area contributed by atoms with Gasteiger partial charge in [-0.3, -0.25) is 4.79 Å². The van der Waals surface area contributed by atoms with Crippen LogP contribution in [0.5, 0.6) is 0 Å². The van der Waals surface area contributed by atoms with Crippen molar-refractivity contribution in [1.82, 2.24) is 5.01 Å². The van der Waals surface area contributed by atoms with Crippen LogP contribution in [0.2, 0.25) is 0 Å². The van der Waals surface area contributed by atoms with Gasteiger partial charge in [0.15, 0.2) is 5.78 Å². The monoisotopic (exact) mass is 218 g/mol. The number of hydrogen-bond acceptors (Lipinski definition) is 3. The number of carbonyl (C=O) groups excluding carboxylic acids is 1. The van der Waals surface area contributed by atoms with Crippen LogP contribution in [0.4, 0.5) is 0 Å². The molecular formula is C13H18N2O. The molecule has 0 unspecified atom stereocenters. The Morgan fingerprint density at radius 2 is 1.88 bits per heavy atom. The number of hydrogen-bond donors (Lipinski definition) is 0. The maximum atomic E-state index is 11.9. The minimum absolute atomic E-state index is 0.128. The smallest absolute Gasteiger partial charge is 0.168 e. The average Bonchev–Trinajstić information content (AvgIpc) is 2.28. The Bertz CT molecular complexity index is 369. The molecule has 1 rings (SSSR count). The number of ketones is 1. The molecule has 0 bridgehead atoms. The SMILES string of the molecule is CC/C(CC(=O)c1ccccc1)=N\N(C)C. The first-order valence-corrected chi connectivity index (χ1v) is 5.45. The lowest BCUT2D eigenvalue weighted by molar-refractivity contribution is 0.1000. The molecule has 16 heavy (non-hydrogen) atoms. The van der Waals surface area contributed by atoms with Crippen LogP contribution in [0.15, 0.2) is 35.4 Å². The normalized spacial score (nSPS) is 11.3. The van der Waals surface area contributed by atoms with E-state index in [1.54, 1.807) is 5.01 Å². The fourth-order valence-electron chi connectivity index (χ4n) is 1.43. The van der Waals surface area contributed by atoms with Gasteiger partial charge < -0.3 is 5.01 Å². The molecule has 0 spiro atoms. The number of Topliss-reactive ketones (excluding diaryl/α,β-unsaturated/α-hetero) is 1. The topological polar surface area (TPSA) is 32.7 Å². The van der Waals surface area contributed by atoms with Gasteiger partial charge in [-0.1, -0.05) is 37.3 Å². The van der Waals surface area contributed by atoms with Crippen molar-refractivity contribution in [3.05, 3.63) is 35.9 Å². The van der Waals surface area contributed by atoms with Crippen LogP contribution < -0.4 is 0 Å². The van der Waals surface area contributed by atoms with E-state index in [0.717, 1.165) is 17.7 Å². The number of nitrogens with zero attached hydrogens (tertiary/aromatic N) is 2. The van der Waals surface area contributed by atoms with Crippen molar-refractivity contribution in [2.24, 2.45) is 5.10 Å². The third kappa shape index (κ3) is 3.85. The zero-order valence-corrected chi connectivity index (χ0v) is 10.1. The van der Waals surface area contributed by atoms with Gasteiger partial charge in [-0.05, 0) is 6.42 Å². The molecule has 0 aromatic heterocycles. The molecule has 1 aromatic rings. The number of rotatable bonds is 5. The summed E-state index contributed by atoms with van der Waals surface area (Å²) in [6, 6.07) is 9.34. The third-order valence-electron chi connectivity index (χ3n) is 2.21. The van der Waals surface area contributed by atoms with Crippen LogP contribution in [0, 0.1) is 0 Å². The first-order chi connectivity index (χ1) is 7.63. The summed E-state index contributed by atoms with van der Waals surface area (Å²) in [5.74, 6) is 0.128. The number of benzene rings is 1. The Morgan fingerprint density at radius 1 is 1.25 bits per heavy atom. The Balaban J connectivity index is 2.70. The van der Waals surface area contributed by atoms with E-state index in [4.69, 9.17) is 0 Å².